The molecule has 2 heterocycles. The lowest BCUT2D eigenvalue weighted by Gasteiger charge is -2.05. The van der Waals surface area contributed by atoms with E-state index in [4.69, 9.17) is 0 Å². The number of tetrazole rings is 1. The van der Waals surface area contributed by atoms with Gasteiger partial charge in [0.2, 0.25) is 0 Å². The summed E-state index contributed by atoms with van der Waals surface area (Å²) in [6, 6.07) is 7.75. The van der Waals surface area contributed by atoms with Gasteiger partial charge in [-0.05, 0) is 41.6 Å². The Balaban J connectivity index is 2.13. The maximum Gasteiger partial charge on any atom is 0.190 e. The average molecular weight is 317 g/mol. The van der Waals surface area contributed by atoms with E-state index in [2.05, 4.69) is 41.4 Å². The van der Waals surface area contributed by atoms with Gasteiger partial charge in [-0.15, -0.1) is 5.10 Å². The fraction of sp³-hybridized carbons (Fsp3) is 0.0833. The number of hydrogen-bond donors (Lipinski definition) is 0. The predicted octanol–water partition coefficient (Wildman–Crippen LogP) is 2.19. The van der Waals surface area contributed by atoms with Crippen LogP contribution in [0.25, 0.3) is 17.1 Å². The number of halogens is 1. The molecule has 0 aliphatic rings. The van der Waals surface area contributed by atoms with Gasteiger partial charge in [-0.2, -0.15) is 4.68 Å². The van der Waals surface area contributed by atoms with Crippen LogP contribution in [0.1, 0.15) is 5.69 Å². The van der Waals surface area contributed by atoms with Crippen molar-refractivity contribution in [1.29, 1.82) is 0 Å². The molecule has 1 aromatic carbocycles. The molecule has 6 nitrogen and oxygen atoms in total. The summed E-state index contributed by atoms with van der Waals surface area (Å²) in [5.74, 6) is 0.625. The largest absolute Gasteiger partial charge is 0.244 e. The molecule has 0 spiro atoms. The van der Waals surface area contributed by atoms with Gasteiger partial charge in [0.05, 0.1) is 16.9 Å². The van der Waals surface area contributed by atoms with E-state index in [9.17, 15) is 0 Å². The highest BCUT2D eigenvalue weighted by molar-refractivity contribution is 9.10. The van der Waals surface area contributed by atoms with Crippen LogP contribution in [-0.4, -0.2) is 30.2 Å². The Morgan fingerprint density at radius 2 is 1.95 bits per heavy atom. The molecule has 2 aromatic heterocycles. The summed E-state index contributed by atoms with van der Waals surface area (Å²) in [5, 5.41) is 11.8. The Bertz CT molecular complexity index is 706. The number of benzene rings is 1. The number of hydrogen-bond acceptors (Lipinski definition) is 5. The van der Waals surface area contributed by atoms with Crippen LogP contribution in [-0.2, 0) is 0 Å². The molecule has 0 saturated heterocycles. The molecule has 0 fully saturated rings. The Labute approximate surface area is 117 Å². The van der Waals surface area contributed by atoms with Crippen LogP contribution in [0.15, 0.2) is 41.3 Å². The third-order valence-electron chi connectivity index (χ3n) is 2.69. The van der Waals surface area contributed by atoms with Gasteiger partial charge < -0.3 is 0 Å². The molecule has 0 atom stereocenters. The van der Waals surface area contributed by atoms with Crippen LogP contribution < -0.4 is 0 Å². The van der Waals surface area contributed by atoms with Crippen LogP contribution >= 0.6 is 15.9 Å². The standard InChI is InChI=1S/C12H9BrN6/c1-8-11(6-14-7-15-8)12-16-17-18-19(12)10-4-2-9(13)3-5-10/h2-7H,1H3. The van der Waals surface area contributed by atoms with Gasteiger partial charge in [0.1, 0.15) is 6.33 Å². The molecule has 7 heteroatoms. The molecule has 0 unspecified atom stereocenters. The molecule has 0 aliphatic heterocycles. The van der Waals surface area contributed by atoms with E-state index in [-0.39, 0.29) is 0 Å². The lowest BCUT2D eigenvalue weighted by atomic mass is 10.2. The van der Waals surface area contributed by atoms with Crippen LogP contribution in [0.2, 0.25) is 0 Å². The van der Waals surface area contributed by atoms with Crippen molar-refractivity contribution in [2.75, 3.05) is 0 Å². The number of aromatic nitrogens is 6. The molecular weight excluding hydrogens is 308 g/mol. The summed E-state index contributed by atoms with van der Waals surface area (Å²) in [5.41, 5.74) is 2.53. The van der Waals surface area contributed by atoms with Gasteiger partial charge >= 0.3 is 0 Å². The zero-order valence-electron chi connectivity index (χ0n) is 10.0. The maximum atomic E-state index is 4.16. The van der Waals surface area contributed by atoms with E-state index in [0.29, 0.717) is 5.82 Å². The molecule has 0 saturated carbocycles. The fourth-order valence-corrected chi connectivity index (χ4v) is 1.99. The van der Waals surface area contributed by atoms with Crippen molar-refractivity contribution < 1.29 is 0 Å². The van der Waals surface area contributed by atoms with E-state index in [1.807, 2.05) is 31.2 Å². The average Bonchev–Trinajstić information content (AvgIpc) is 2.89. The highest BCUT2D eigenvalue weighted by Crippen LogP contribution is 2.21. The molecule has 0 N–H and O–H groups in total. The summed E-state index contributed by atoms with van der Waals surface area (Å²) < 4.78 is 2.67. The fourth-order valence-electron chi connectivity index (χ4n) is 1.72. The van der Waals surface area contributed by atoms with Gasteiger partial charge in [0.25, 0.3) is 0 Å². The summed E-state index contributed by atoms with van der Waals surface area (Å²) in [7, 11) is 0. The molecule has 0 amide bonds. The highest BCUT2D eigenvalue weighted by atomic mass is 79.9. The first-order chi connectivity index (χ1) is 9.25. The maximum absolute atomic E-state index is 4.16. The second kappa shape index (κ2) is 4.85. The number of nitrogens with zero attached hydrogens (tertiary/aromatic N) is 6. The third-order valence-corrected chi connectivity index (χ3v) is 3.22. The third kappa shape index (κ3) is 2.24. The van der Waals surface area contributed by atoms with Crippen molar-refractivity contribution in [3.63, 3.8) is 0 Å². The SMILES string of the molecule is Cc1ncncc1-c1nnnn1-c1ccc(Br)cc1. The second-order valence-corrected chi connectivity index (χ2v) is 4.83. The molecular formula is C12H9BrN6. The van der Waals surface area contributed by atoms with Crippen molar-refractivity contribution in [2.45, 2.75) is 6.92 Å². The molecule has 0 radical (unpaired) electrons. The predicted molar refractivity (Wildman–Crippen MR) is 72.6 cm³/mol. The van der Waals surface area contributed by atoms with Crippen LogP contribution in [0.3, 0.4) is 0 Å². The second-order valence-electron chi connectivity index (χ2n) is 3.91. The Morgan fingerprint density at radius 3 is 2.68 bits per heavy atom. The van der Waals surface area contributed by atoms with Gasteiger partial charge in [-0.3, -0.25) is 0 Å². The van der Waals surface area contributed by atoms with Gasteiger partial charge in [0, 0.05) is 10.7 Å². The van der Waals surface area contributed by atoms with Crippen molar-refractivity contribution in [3.05, 3.63) is 47.0 Å². The zero-order chi connectivity index (χ0) is 13.2. The number of rotatable bonds is 2. The lowest BCUT2D eigenvalue weighted by molar-refractivity contribution is 0.790. The van der Waals surface area contributed by atoms with Crippen molar-refractivity contribution in [3.8, 4) is 17.1 Å². The van der Waals surface area contributed by atoms with E-state index in [1.54, 1.807) is 10.9 Å². The van der Waals surface area contributed by atoms with E-state index in [1.165, 1.54) is 6.33 Å². The minimum atomic E-state index is 0.625. The summed E-state index contributed by atoms with van der Waals surface area (Å²) in [6.45, 7) is 1.90. The number of aryl methyl sites for hydroxylation is 1. The smallest absolute Gasteiger partial charge is 0.190 e. The minimum absolute atomic E-state index is 0.625. The topological polar surface area (TPSA) is 69.4 Å². The van der Waals surface area contributed by atoms with Crippen LogP contribution in [0.4, 0.5) is 0 Å². The van der Waals surface area contributed by atoms with Gasteiger partial charge in [-0.1, -0.05) is 15.9 Å². The Morgan fingerprint density at radius 1 is 1.16 bits per heavy atom. The molecule has 0 bridgehead atoms. The Kier molecular flexibility index (Phi) is 3.04. The minimum Gasteiger partial charge on any atom is -0.244 e. The molecule has 3 aromatic rings. The van der Waals surface area contributed by atoms with Crippen LogP contribution in [0.5, 0.6) is 0 Å². The summed E-state index contributed by atoms with van der Waals surface area (Å²) in [4.78, 5) is 8.18. The lowest BCUT2D eigenvalue weighted by Crippen LogP contribution is -2.01. The van der Waals surface area contributed by atoms with Crippen LogP contribution in [0, 0.1) is 6.92 Å². The van der Waals surface area contributed by atoms with Crippen molar-refractivity contribution in [1.82, 2.24) is 30.2 Å². The van der Waals surface area contributed by atoms with Crippen molar-refractivity contribution in [2.24, 2.45) is 0 Å². The quantitative estimate of drug-likeness (QED) is 0.725. The van der Waals surface area contributed by atoms with Gasteiger partial charge in [0.15, 0.2) is 5.82 Å². The molecule has 3 rings (SSSR count). The molecule has 0 aliphatic carbocycles. The van der Waals surface area contributed by atoms with E-state index in [0.717, 1.165) is 21.4 Å². The van der Waals surface area contributed by atoms with E-state index < -0.39 is 0 Å². The first kappa shape index (κ1) is 11.9. The summed E-state index contributed by atoms with van der Waals surface area (Å²) >= 11 is 3.40. The first-order valence-electron chi connectivity index (χ1n) is 5.57. The first-order valence-corrected chi connectivity index (χ1v) is 6.36. The van der Waals surface area contributed by atoms with E-state index >= 15 is 0 Å². The highest BCUT2D eigenvalue weighted by Gasteiger charge is 2.13. The Hall–Kier alpha value is -2.15. The van der Waals surface area contributed by atoms with Gasteiger partial charge in [-0.25, -0.2) is 9.97 Å². The zero-order valence-corrected chi connectivity index (χ0v) is 11.6. The normalized spacial score (nSPS) is 10.6. The van der Waals surface area contributed by atoms with Crippen molar-refractivity contribution >= 4 is 15.9 Å². The molecule has 94 valence electrons. The summed E-state index contributed by atoms with van der Waals surface area (Å²) in [6.07, 6.45) is 3.22. The molecule has 19 heavy (non-hydrogen) atoms. The monoisotopic (exact) mass is 316 g/mol.